The number of hydrogen-bond donors (Lipinski definition) is 0. The smallest absolute Gasteiger partial charge is 0.342 e. The lowest BCUT2D eigenvalue weighted by atomic mass is 10.2. The lowest BCUT2D eigenvalue weighted by molar-refractivity contribution is 0.0473. The SMILES string of the molecule is COc1ccc(Cl)cc1C(=O)OCc1cncs1. The van der Waals surface area contributed by atoms with Crippen molar-refractivity contribution in [3.8, 4) is 5.75 Å². The van der Waals surface area contributed by atoms with Crippen molar-refractivity contribution in [2.45, 2.75) is 6.61 Å². The number of carbonyl (C=O) groups excluding carboxylic acids is 1. The molecule has 0 saturated heterocycles. The Morgan fingerprint density at radius 1 is 1.50 bits per heavy atom. The number of esters is 1. The monoisotopic (exact) mass is 283 g/mol. The van der Waals surface area contributed by atoms with Crippen LogP contribution in [0.5, 0.6) is 5.75 Å². The topological polar surface area (TPSA) is 48.4 Å². The number of methoxy groups -OCH3 is 1. The summed E-state index contributed by atoms with van der Waals surface area (Å²) in [5.41, 5.74) is 2.00. The van der Waals surface area contributed by atoms with Gasteiger partial charge in [-0.2, -0.15) is 0 Å². The molecule has 0 unspecified atom stereocenters. The van der Waals surface area contributed by atoms with Gasteiger partial charge in [-0.25, -0.2) is 4.79 Å². The molecular weight excluding hydrogens is 274 g/mol. The number of benzene rings is 1. The van der Waals surface area contributed by atoms with Crippen LogP contribution in [0, 0.1) is 0 Å². The molecule has 0 aliphatic rings. The molecule has 0 saturated carbocycles. The molecule has 94 valence electrons. The number of rotatable bonds is 4. The van der Waals surface area contributed by atoms with E-state index in [9.17, 15) is 4.79 Å². The number of aromatic nitrogens is 1. The Bertz CT molecular complexity index is 542. The van der Waals surface area contributed by atoms with Gasteiger partial charge in [-0.3, -0.25) is 4.98 Å². The van der Waals surface area contributed by atoms with Crippen molar-refractivity contribution in [1.82, 2.24) is 4.98 Å². The van der Waals surface area contributed by atoms with Crippen LogP contribution in [0.4, 0.5) is 0 Å². The molecule has 0 atom stereocenters. The quantitative estimate of drug-likeness (QED) is 0.809. The lowest BCUT2D eigenvalue weighted by Gasteiger charge is -2.08. The van der Waals surface area contributed by atoms with Crippen LogP contribution in [-0.4, -0.2) is 18.1 Å². The Labute approximate surface area is 113 Å². The number of ether oxygens (including phenoxy) is 2. The summed E-state index contributed by atoms with van der Waals surface area (Å²) in [5.74, 6) is -0.0311. The minimum absolute atomic E-state index is 0.194. The molecule has 4 nitrogen and oxygen atoms in total. The molecule has 0 fully saturated rings. The average Bonchev–Trinajstić information content (AvgIpc) is 2.89. The third-order valence-electron chi connectivity index (χ3n) is 2.21. The summed E-state index contributed by atoms with van der Waals surface area (Å²) in [6.45, 7) is 0.194. The summed E-state index contributed by atoms with van der Waals surface area (Å²) in [5, 5.41) is 0.459. The normalized spacial score (nSPS) is 10.1. The van der Waals surface area contributed by atoms with Gasteiger partial charge in [0, 0.05) is 11.2 Å². The predicted octanol–water partition coefficient (Wildman–Crippen LogP) is 3.16. The number of hydrogen-bond acceptors (Lipinski definition) is 5. The van der Waals surface area contributed by atoms with Gasteiger partial charge in [-0.1, -0.05) is 11.6 Å². The second-order valence-electron chi connectivity index (χ2n) is 3.39. The van der Waals surface area contributed by atoms with E-state index in [2.05, 4.69) is 4.98 Å². The van der Waals surface area contributed by atoms with E-state index in [0.717, 1.165) is 4.88 Å². The van der Waals surface area contributed by atoms with E-state index >= 15 is 0 Å². The fourth-order valence-electron chi connectivity index (χ4n) is 1.37. The molecule has 1 aromatic heterocycles. The summed E-state index contributed by atoms with van der Waals surface area (Å²) in [6, 6.07) is 4.81. The van der Waals surface area contributed by atoms with Crippen LogP contribution in [0.1, 0.15) is 15.2 Å². The zero-order chi connectivity index (χ0) is 13.0. The number of nitrogens with zero attached hydrogens (tertiary/aromatic N) is 1. The van der Waals surface area contributed by atoms with Gasteiger partial charge in [-0.15, -0.1) is 11.3 Å². The van der Waals surface area contributed by atoms with Gasteiger partial charge in [0.25, 0.3) is 0 Å². The highest BCUT2D eigenvalue weighted by molar-refractivity contribution is 7.09. The molecule has 1 heterocycles. The zero-order valence-corrected chi connectivity index (χ0v) is 11.1. The second kappa shape index (κ2) is 5.84. The molecule has 0 bridgehead atoms. The van der Waals surface area contributed by atoms with E-state index in [-0.39, 0.29) is 6.61 Å². The van der Waals surface area contributed by atoms with E-state index in [1.165, 1.54) is 24.5 Å². The summed E-state index contributed by atoms with van der Waals surface area (Å²) in [7, 11) is 1.49. The van der Waals surface area contributed by atoms with Crippen molar-refractivity contribution in [2.24, 2.45) is 0 Å². The molecule has 0 N–H and O–H groups in total. The highest BCUT2D eigenvalue weighted by atomic mass is 35.5. The van der Waals surface area contributed by atoms with Gasteiger partial charge in [0.2, 0.25) is 0 Å². The molecular formula is C12H10ClNO3S. The minimum atomic E-state index is -0.470. The van der Waals surface area contributed by atoms with Crippen LogP contribution in [0.3, 0.4) is 0 Å². The number of halogens is 1. The van der Waals surface area contributed by atoms with Gasteiger partial charge < -0.3 is 9.47 Å². The van der Waals surface area contributed by atoms with E-state index in [1.807, 2.05) is 0 Å². The van der Waals surface area contributed by atoms with Crippen LogP contribution in [0.25, 0.3) is 0 Å². The van der Waals surface area contributed by atoms with Crippen LogP contribution in [0.15, 0.2) is 29.9 Å². The highest BCUT2D eigenvalue weighted by Gasteiger charge is 2.14. The van der Waals surface area contributed by atoms with Crippen molar-refractivity contribution in [1.29, 1.82) is 0 Å². The number of carbonyl (C=O) groups is 1. The first-order chi connectivity index (χ1) is 8.70. The minimum Gasteiger partial charge on any atom is -0.496 e. The first kappa shape index (κ1) is 12.9. The standard InChI is InChI=1S/C12H10ClNO3S/c1-16-11-3-2-8(13)4-10(11)12(15)17-6-9-5-14-7-18-9/h2-5,7H,6H2,1H3. The fraction of sp³-hybridized carbons (Fsp3) is 0.167. The van der Waals surface area contributed by atoms with Crippen LogP contribution in [-0.2, 0) is 11.3 Å². The fourth-order valence-corrected chi connectivity index (χ4v) is 2.05. The molecule has 2 aromatic rings. The third kappa shape index (κ3) is 3.00. The summed E-state index contributed by atoms with van der Waals surface area (Å²) in [6.07, 6.45) is 1.66. The first-order valence-corrected chi connectivity index (χ1v) is 6.34. The molecule has 2 rings (SSSR count). The number of thiazole rings is 1. The Hall–Kier alpha value is -1.59. The maximum absolute atomic E-state index is 11.9. The maximum atomic E-state index is 11.9. The van der Waals surface area contributed by atoms with Crippen LogP contribution < -0.4 is 4.74 Å². The van der Waals surface area contributed by atoms with E-state index < -0.39 is 5.97 Å². The summed E-state index contributed by atoms with van der Waals surface area (Å²) < 4.78 is 10.3. The van der Waals surface area contributed by atoms with Gasteiger partial charge in [0.05, 0.1) is 17.5 Å². The predicted molar refractivity (Wildman–Crippen MR) is 69.2 cm³/mol. The molecule has 0 aliphatic carbocycles. The zero-order valence-electron chi connectivity index (χ0n) is 9.55. The molecule has 0 spiro atoms. The molecule has 0 aliphatic heterocycles. The van der Waals surface area contributed by atoms with E-state index in [1.54, 1.807) is 23.8 Å². The van der Waals surface area contributed by atoms with Crippen molar-refractivity contribution >= 4 is 28.9 Å². The van der Waals surface area contributed by atoms with Crippen molar-refractivity contribution < 1.29 is 14.3 Å². The van der Waals surface area contributed by atoms with Gasteiger partial charge in [-0.05, 0) is 18.2 Å². The molecule has 1 aromatic carbocycles. The van der Waals surface area contributed by atoms with E-state index in [0.29, 0.717) is 16.3 Å². The molecule has 0 amide bonds. The average molecular weight is 284 g/mol. The summed E-state index contributed by atoms with van der Waals surface area (Å²) >= 11 is 7.27. The Balaban J connectivity index is 2.10. The summed E-state index contributed by atoms with van der Waals surface area (Å²) in [4.78, 5) is 16.7. The molecule has 0 radical (unpaired) electrons. The third-order valence-corrected chi connectivity index (χ3v) is 3.20. The Kier molecular flexibility index (Phi) is 4.17. The first-order valence-electron chi connectivity index (χ1n) is 5.08. The maximum Gasteiger partial charge on any atom is 0.342 e. The van der Waals surface area contributed by atoms with Gasteiger partial charge in [0.15, 0.2) is 0 Å². The lowest BCUT2D eigenvalue weighted by Crippen LogP contribution is -2.06. The van der Waals surface area contributed by atoms with Crippen molar-refractivity contribution in [2.75, 3.05) is 7.11 Å². The van der Waals surface area contributed by atoms with E-state index in [4.69, 9.17) is 21.1 Å². The van der Waals surface area contributed by atoms with Crippen molar-refractivity contribution in [3.63, 3.8) is 0 Å². The van der Waals surface area contributed by atoms with Crippen molar-refractivity contribution in [3.05, 3.63) is 45.4 Å². The molecule has 18 heavy (non-hydrogen) atoms. The van der Waals surface area contributed by atoms with Crippen LogP contribution in [0.2, 0.25) is 5.02 Å². The van der Waals surface area contributed by atoms with Gasteiger partial charge in [0.1, 0.15) is 17.9 Å². The molecule has 6 heteroatoms. The van der Waals surface area contributed by atoms with Gasteiger partial charge >= 0.3 is 5.97 Å². The van der Waals surface area contributed by atoms with Crippen LogP contribution >= 0.6 is 22.9 Å². The Morgan fingerprint density at radius 2 is 2.33 bits per heavy atom. The Morgan fingerprint density at radius 3 is 3.00 bits per heavy atom. The highest BCUT2D eigenvalue weighted by Crippen LogP contribution is 2.23. The second-order valence-corrected chi connectivity index (χ2v) is 4.80. The largest absolute Gasteiger partial charge is 0.496 e.